The van der Waals surface area contributed by atoms with Gasteiger partial charge in [-0.25, -0.2) is 14.6 Å². The van der Waals surface area contributed by atoms with Crippen LogP contribution in [0.3, 0.4) is 0 Å². The van der Waals surface area contributed by atoms with Crippen molar-refractivity contribution < 1.29 is 24.2 Å². The highest BCUT2D eigenvalue weighted by Crippen LogP contribution is 2.19. The van der Waals surface area contributed by atoms with E-state index in [1.165, 1.54) is 15.2 Å². The van der Waals surface area contributed by atoms with Crippen molar-refractivity contribution in [1.29, 1.82) is 0 Å². The molecule has 0 saturated heterocycles. The predicted octanol–water partition coefficient (Wildman–Crippen LogP) is 2.36. The lowest BCUT2D eigenvalue weighted by molar-refractivity contribution is 0.0633. The van der Waals surface area contributed by atoms with E-state index in [-0.39, 0.29) is 17.3 Å². The number of carboxylic acid groups (broad SMARTS) is 1. The summed E-state index contributed by atoms with van der Waals surface area (Å²) in [6.45, 7) is 6.89. The Kier molecular flexibility index (Phi) is 5.29. The zero-order valence-corrected chi connectivity index (χ0v) is 16.1. The van der Waals surface area contributed by atoms with Gasteiger partial charge in [-0.05, 0) is 33.8 Å². The van der Waals surface area contributed by atoms with Crippen molar-refractivity contribution in [3.63, 3.8) is 0 Å². The molecule has 0 spiro atoms. The Morgan fingerprint density at radius 3 is 2.33 bits per heavy atom. The van der Waals surface area contributed by atoms with Crippen LogP contribution < -0.4 is 10.6 Å². The summed E-state index contributed by atoms with van der Waals surface area (Å²) in [4.78, 5) is 39.5. The van der Waals surface area contributed by atoms with E-state index in [9.17, 15) is 14.4 Å². The summed E-state index contributed by atoms with van der Waals surface area (Å²) in [6.07, 6.45) is 0.930. The van der Waals surface area contributed by atoms with E-state index in [1.54, 1.807) is 48.0 Å². The standard InChI is InChI=1S/C17H23N5O5/c1-9-12(19-13(15(24)25)22(9)6)20-14(23)11-7-10(8-21(11)5)18-16(26)27-17(2,3)4/h7-8H,1-6H3,(H,18,26)(H,20,23)(H,24,25). The van der Waals surface area contributed by atoms with Crippen molar-refractivity contribution in [2.45, 2.75) is 33.3 Å². The number of carbonyl (C=O) groups is 3. The van der Waals surface area contributed by atoms with Crippen LogP contribution >= 0.6 is 0 Å². The van der Waals surface area contributed by atoms with Crippen LogP contribution in [0.15, 0.2) is 12.3 Å². The average molecular weight is 377 g/mol. The normalized spacial score (nSPS) is 11.2. The molecule has 0 unspecified atom stereocenters. The summed E-state index contributed by atoms with van der Waals surface area (Å²) >= 11 is 0. The Morgan fingerprint density at radius 2 is 1.81 bits per heavy atom. The van der Waals surface area contributed by atoms with Gasteiger partial charge < -0.3 is 24.3 Å². The summed E-state index contributed by atoms with van der Waals surface area (Å²) in [5.74, 6) is -1.71. The van der Waals surface area contributed by atoms with Gasteiger partial charge in [0.15, 0.2) is 5.82 Å². The fourth-order valence-corrected chi connectivity index (χ4v) is 2.34. The van der Waals surface area contributed by atoms with Crippen molar-refractivity contribution in [2.24, 2.45) is 14.1 Å². The molecule has 10 nitrogen and oxygen atoms in total. The van der Waals surface area contributed by atoms with Crippen LogP contribution in [0, 0.1) is 6.92 Å². The van der Waals surface area contributed by atoms with E-state index in [0.717, 1.165) is 0 Å². The summed E-state index contributed by atoms with van der Waals surface area (Å²) in [5, 5.41) is 14.3. The molecule has 0 aliphatic carbocycles. The zero-order valence-electron chi connectivity index (χ0n) is 16.1. The summed E-state index contributed by atoms with van der Waals surface area (Å²) in [7, 11) is 3.19. The Morgan fingerprint density at radius 1 is 1.19 bits per heavy atom. The molecule has 0 radical (unpaired) electrons. The van der Waals surface area contributed by atoms with Crippen molar-refractivity contribution in [3.05, 3.63) is 29.5 Å². The first kappa shape index (κ1) is 20.0. The van der Waals surface area contributed by atoms with E-state index in [4.69, 9.17) is 9.84 Å². The fraction of sp³-hybridized carbons (Fsp3) is 0.412. The number of imidazole rings is 1. The molecular weight excluding hydrogens is 354 g/mol. The number of anilines is 2. The van der Waals surface area contributed by atoms with Crippen LogP contribution in [0.25, 0.3) is 0 Å². The fourth-order valence-electron chi connectivity index (χ4n) is 2.34. The van der Waals surface area contributed by atoms with E-state index in [2.05, 4.69) is 15.6 Å². The molecule has 0 fully saturated rings. The Bertz CT molecular complexity index is 904. The van der Waals surface area contributed by atoms with Crippen LogP contribution in [-0.4, -0.2) is 42.8 Å². The van der Waals surface area contributed by atoms with E-state index < -0.39 is 23.6 Å². The largest absolute Gasteiger partial charge is 0.475 e. The molecule has 2 aromatic heterocycles. The van der Waals surface area contributed by atoms with Crippen LogP contribution in [0.1, 0.15) is 47.6 Å². The highest BCUT2D eigenvalue weighted by Gasteiger charge is 2.21. The number of rotatable bonds is 4. The van der Waals surface area contributed by atoms with E-state index in [1.807, 2.05) is 0 Å². The highest BCUT2D eigenvalue weighted by molar-refractivity contribution is 6.04. The van der Waals surface area contributed by atoms with Gasteiger partial charge in [0.1, 0.15) is 11.3 Å². The van der Waals surface area contributed by atoms with Gasteiger partial charge in [0, 0.05) is 20.3 Å². The van der Waals surface area contributed by atoms with Crippen LogP contribution in [0.4, 0.5) is 16.3 Å². The molecule has 2 aromatic rings. The van der Waals surface area contributed by atoms with E-state index in [0.29, 0.717) is 11.4 Å². The van der Waals surface area contributed by atoms with E-state index >= 15 is 0 Å². The number of nitrogens with zero attached hydrogens (tertiary/aromatic N) is 3. The quantitative estimate of drug-likeness (QED) is 0.750. The van der Waals surface area contributed by atoms with Crippen LogP contribution in [0.5, 0.6) is 0 Å². The molecule has 0 bridgehead atoms. The lowest BCUT2D eigenvalue weighted by Gasteiger charge is -2.19. The van der Waals surface area contributed by atoms with Gasteiger partial charge in [-0.15, -0.1) is 0 Å². The van der Waals surface area contributed by atoms with Crippen molar-refractivity contribution in [1.82, 2.24) is 14.1 Å². The number of carboxylic acids is 1. The first-order chi connectivity index (χ1) is 12.4. The van der Waals surface area contributed by atoms with Gasteiger partial charge in [0.05, 0.1) is 11.4 Å². The molecule has 0 atom stereocenters. The monoisotopic (exact) mass is 377 g/mol. The molecule has 10 heteroatoms. The number of carbonyl (C=O) groups excluding carboxylic acids is 2. The second-order valence-corrected chi connectivity index (χ2v) is 7.04. The Hall–Kier alpha value is -3.30. The Balaban J connectivity index is 2.16. The minimum absolute atomic E-state index is 0.155. The number of aromatic nitrogens is 3. The number of aromatic carboxylic acids is 1. The summed E-state index contributed by atoms with van der Waals surface area (Å²) < 4.78 is 8.07. The van der Waals surface area contributed by atoms with Crippen LogP contribution in [-0.2, 0) is 18.8 Å². The van der Waals surface area contributed by atoms with Crippen LogP contribution in [0.2, 0.25) is 0 Å². The minimum atomic E-state index is -1.19. The first-order valence-corrected chi connectivity index (χ1v) is 8.13. The summed E-state index contributed by atoms with van der Waals surface area (Å²) in [6, 6.07) is 1.48. The third kappa shape index (κ3) is 4.66. The number of hydrogen-bond acceptors (Lipinski definition) is 5. The van der Waals surface area contributed by atoms with Crippen molar-refractivity contribution >= 4 is 29.5 Å². The molecule has 2 heterocycles. The third-order valence-electron chi connectivity index (χ3n) is 3.69. The number of ether oxygens (including phenoxy) is 1. The van der Waals surface area contributed by atoms with Crippen molar-refractivity contribution in [2.75, 3.05) is 10.6 Å². The predicted molar refractivity (Wildman–Crippen MR) is 98.1 cm³/mol. The molecular formula is C17H23N5O5. The molecule has 0 saturated carbocycles. The highest BCUT2D eigenvalue weighted by atomic mass is 16.6. The number of hydrogen-bond donors (Lipinski definition) is 3. The van der Waals surface area contributed by atoms with Gasteiger partial charge in [-0.3, -0.25) is 10.1 Å². The molecule has 2 amide bonds. The van der Waals surface area contributed by atoms with Gasteiger partial charge in [-0.2, -0.15) is 0 Å². The molecule has 146 valence electrons. The second-order valence-electron chi connectivity index (χ2n) is 7.04. The maximum absolute atomic E-state index is 12.5. The van der Waals surface area contributed by atoms with Gasteiger partial charge in [-0.1, -0.05) is 0 Å². The molecule has 3 N–H and O–H groups in total. The smallest absolute Gasteiger partial charge is 0.412 e. The maximum Gasteiger partial charge on any atom is 0.412 e. The molecule has 0 aromatic carbocycles. The lowest BCUT2D eigenvalue weighted by Crippen LogP contribution is -2.27. The second kappa shape index (κ2) is 7.14. The molecule has 2 rings (SSSR count). The molecule has 0 aliphatic heterocycles. The molecule has 27 heavy (non-hydrogen) atoms. The lowest BCUT2D eigenvalue weighted by atomic mass is 10.2. The van der Waals surface area contributed by atoms with Gasteiger partial charge >= 0.3 is 12.1 Å². The number of aryl methyl sites for hydroxylation is 1. The van der Waals surface area contributed by atoms with Gasteiger partial charge in [0.25, 0.3) is 5.91 Å². The minimum Gasteiger partial charge on any atom is -0.475 e. The third-order valence-corrected chi connectivity index (χ3v) is 3.69. The Labute approximate surface area is 156 Å². The topological polar surface area (TPSA) is 127 Å². The average Bonchev–Trinajstić information content (AvgIpc) is 3.00. The zero-order chi connectivity index (χ0) is 20.5. The van der Waals surface area contributed by atoms with Crippen molar-refractivity contribution in [3.8, 4) is 0 Å². The maximum atomic E-state index is 12.5. The van der Waals surface area contributed by atoms with Gasteiger partial charge in [0.2, 0.25) is 5.82 Å². The first-order valence-electron chi connectivity index (χ1n) is 8.13. The SMILES string of the molecule is Cc1c(NC(=O)c2cc(NC(=O)OC(C)(C)C)cn2C)nc(C(=O)O)n1C. The molecule has 0 aliphatic rings. The number of nitrogens with one attached hydrogen (secondary N) is 2. The number of amides is 2. The summed E-state index contributed by atoms with van der Waals surface area (Å²) in [5.41, 5.74) is 0.503.